The van der Waals surface area contributed by atoms with Gasteiger partial charge >= 0.3 is 5.97 Å². The van der Waals surface area contributed by atoms with Gasteiger partial charge in [-0.2, -0.15) is 0 Å². The van der Waals surface area contributed by atoms with Crippen LogP contribution in [-0.4, -0.2) is 55.6 Å². The maximum Gasteiger partial charge on any atom is 0.340 e. The molecule has 7 nitrogen and oxygen atoms in total. The topological polar surface area (TPSA) is 76.1 Å². The number of imide groups is 1. The first-order valence-corrected chi connectivity index (χ1v) is 14.8. The third kappa shape index (κ3) is 4.57. The first kappa shape index (κ1) is 27.2. The van der Waals surface area contributed by atoms with Gasteiger partial charge in [0.05, 0.1) is 24.0 Å². The number of rotatable bonds is 7. The molecule has 5 atom stereocenters. The maximum atomic E-state index is 13.7. The van der Waals surface area contributed by atoms with Crippen molar-refractivity contribution in [3.63, 3.8) is 0 Å². The highest BCUT2D eigenvalue weighted by molar-refractivity contribution is 6.22. The molecule has 2 heterocycles. The molecule has 2 saturated heterocycles. The molecule has 6 rings (SSSR count). The van der Waals surface area contributed by atoms with Gasteiger partial charge in [0.25, 0.3) is 0 Å². The molecule has 0 unspecified atom stereocenters. The summed E-state index contributed by atoms with van der Waals surface area (Å²) in [6.45, 7) is 4.81. The second-order valence-electron chi connectivity index (χ2n) is 12.6. The third-order valence-corrected chi connectivity index (χ3v) is 10.2. The zero-order chi connectivity index (χ0) is 27.9. The number of piperidine rings is 1. The first-order chi connectivity index (χ1) is 19.4. The molecule has 2 amide bonds. The Labute approximate surface area is 236 Å². The third-order valence-electron chi connectivity index (χ3n) is 10.2. The van der Waals surface area contributed by atoms with Crippen molar-refractivity contribution in [1.82, 2.24) is 4.90 Å². The highest BCUT2D eigenvalue weighted by Gasteiger charge is 2.62. The van der Waals surface area contributed by atoms with Gasteiger partial charge in [-0.05, 0) is 49.3 Å². The molecule has 4 aliphatic rings. The zero-order valence-corrected chi connectivity index (χ0v) is 23.6. The van der Waals surface area contributed by atoms with Crippen molar-refractivity contribution in [2.75, 3.05) is 31.7 Å². The van der Waals surface area contributed by atoms with Crippen molar-refractivity contribution in [1.29, 1.82) is 0 Å². The van der Waals surface area contributed by atoms with Crippen LogP contribution >= 0.6 is 0 Å². The van der Waals surface area contributed by atoms with Gasteiger partial charge in [-0.3, -0.25) is 14.5 Å². The summed E-state index contributed by atoms with van der Waals surface area (Å²) in [5, 5.41) is 0. The predicted octanol–water partition coefficient (Wildman–Crippen LogP) is 5.23. The maximum absolute atomic E-state index is 13.7. The summed E-state index contributed by atoms with van der Waals surface area (Å²) in [5.41, 5.74) is 1.77. The van der Waals surface area contributed by atoms with E-state index < -0.39 is 5.97 Å². The van der Waals surface area contributed by atoms with E-state index in [2.05, 4.69) is 29.2 Å². The summed E-state index contributed by atoms with van der Waals surface area (Å²) >= 11 is 0. The number of amides is 2. The van der Waals surface area contributed by atoms with E-state index in [0.717, 1.165) is 50.2 Å². The SMILES string of the molecule is CO[C@H]1CC[C@@]2(COC(=O)c3ccccc3N3C(=O)C[C@H](C)C3=O)CN(Cc3ccccc3)C[C@@]13CCCC[C@@H]23. The average Bonchev–Trinajstić information content (AvgIpc) is 3.22. The number of para-hydroxylation sites is 1. The molecule has 0 aromatic heterocycles. The summed E-state index contributed by atoms with van der Waals surface area (Å²) in [5.74, 6) is -0.975. The summed E-state index contributed by atoms with van der Waals surface area (Å²) in [6, 6.07) is 17.4. The number of ether oxygens (including phenoxy) is 2. The van der Waals surface area contributed by atoms with Gasteiger partial charge in [-0.15, -0.1) is 0 Å². The van der Waals surface area contributed by atoms with E-state index >= 15 is 0 Å². The molecule has 2 bridgehead atoms. The van der Waals surface area contributed by atoms with Gasteiger partial charge in [0.1, 0.15) is 0 Å². The van der Waals surface area contributed by atoms with Crippen LogP contribution in [0.2, 0.25) is 0 Å². The van der Waals surface area contributed by atoms with E-state index in [9.17, 15) is 14.4 Å². The quantitative estimate of drug-likeness (QED) is 0.351. The van der Waals surface area contributed by atoms with Crippen LogP contribution < -0.4 is 4.90 Å². The summed E-state index contributed by atoms with van der Waals surface area (Å²) in [4.78, 5) is 42.8. The number of methoxy groups -OCH3 is 1. The summed E-state index contributed by atoms with van der Waals surface area (Å²) < 4.78 is 12.4. The molecule has 40 heavy (non-hydrogen) atoms. The predicted molar refractivity (Wildman–Crippen MR) is 152 cm³/mol. The highest BCUT2D eigenvalue weighted by atomic mass is 16.5. The molecule has 0 radical (unpaired) electrons. The normalized spacial score (nSPS) is 32.1. The molecule has 2 aromatic rings. The Morgan fingerprint density at radius 3 is 2.50 bits per heavy atom. The van der Waals surface area contributed by atoms with E-state index in [0.29, 0.717) is 18.2 Å². The number of esters is 1. The van der Waals surface area contributed by atoms with Crippen molar-refractivity contribution in [2.45, 2.75) is 64.5 Å². The number of hydrogen-bond acceptors (Lipinski definition) is 6. The monoisotopic (exact) mass is 544 g/mol. The first-order valence-electron chi connectivity index (χ1n) is 14.8. The molecule has 2 saturated carbocycles. The smallest absolute Gasteiger partial charge is 0.340 e. The zero-order valence-electron chi connectivity index (χ0n) is 23.6. The van der Waals surface area contributed by atoms with Gasteiger partial charge < -0.3 is 9.47 Å². The van der Waals surface area contributed by atoms with Crippen LogP contribution in [0.1, 0.15) is 67.8 Å². The number of likely N-dealkylation sites (tertiary alicyclic amines) is 1. The van der Waals surface area contributed by atoms with Crippen molar-refractivity contribution >= 4 is 23.5 Å². The van der Waals surface area contributed by atoms with Crippen LogP contribution in [0.3, 0.4) is 0 Å². The van der Waals surface area contributed by atoms with E-state index in [-0.39, 0.29) is 46.7 Å². The van der Waals surface area contributed by atoms with Crippen LogP contribution in [0, 0.1) is 22.7 Å². The second kappa shape index (κ2) is 10.7. The lowest BCUT2D eigenvalue weighted by Gasteiger charge is -2.65. The number of anilines is 1. The molecule has 2 aliphatic heterocycles. The number of carbonyl (C=O) groups excluding carboxylic acids is 3. The Morgan fingerprint density at radius 2 is 1.75 bits per heavy atom. The largest absolute Gasteiger partial charge is 0.461 e. The molecule has 0 spiro atoms. The van der Waals surface area contributed by atoms with Gasteiger partial charge in [0.15, 0.2) is 0 Å². The fraction of sp³-hybridized carbons (Fsp3) is 0.545. The van der Waals surface area contributed by atoms with Crippen molar-refractivity contribution in [2.24, 2.45) is 22.7 Å². The average molecular weight is 545 g/mol. The molecule has 4 fully saturated rings. The lowest BCUT2D eigenvalue weighted by atomic mass is 9.46. The molecule has 0 N–H and O–H groups in total. The van der Waals surface area contributed by atoms with Gasteiger partial charge in [0.2, 0.25) is 11.8 Å². The minimum Gasteiger partial charge on any atom is -0.461 e. The fourth-order valence-electron chi connectivity index (χ4n) is 8.53. The minimum absolute atomic E-state index is 0.0487. The summed E-state index contributed by atoms with van der Waals surface area (Å²) in [6.07, 6.45) is 6.93. The number of benzene rings is 2. The highest BCUT2D eigenvalue weighted by Crippen LogP contribution is 2.62. The van der Waals surface area contributed by atoms with Crippen molar-refractivity contribution in [3.05, 3.63) is 65.7 Å². The van der Waals surface area contributed by atoms with Crippen LogP contribution in [0.4, 0.5) is 5.69 Å². The molecular weight excluding hydrogens is 504 g/mol. The molecule has 2 aromatic carbocycles. The van der Waals surface area contributed by atoms with E-state index in [4.69, 9.17) is 9.47 Å². The molecule has 2 aliphatic carbocycles. The standard InChI is InChI=1S/C33H40N2O5/c1-23-18-29(36)35(30(23)37)26-13-7-6-12-25(26)31(38)40-22-32-17-15-28(39-2)33(16-9-8-14-27(32)33)21-34(20-32)19-24-10-4-3-5-11-24/h3-7,10-13,23,27-28H,8-9,14-22H2,1-2H3/t23-,27-,28-,32-,33+/m0/s1. The molecular formula is C33H40N2O5. The van der Waals surface area contributed by atoms with E-state index in [1.165, 1.54) is 18.4 Å². The second-order valence-corrected chi connectivity index (χ2v) is 12.6. The van der Waals surface area contributed by atoms with Gasteiger partial charge in [0, 0.05) is 49.9 Å². The Balaban J connectivity index is 1.28. The number of nitrogens with zero attached hydrogens (tertiary/aromatic N) is 2. The molecule has 7 heteroatoms. The summed E-state index contributed by atoms with van der Waals surface area (Å²) in [7, 11) is 1.85. The van der Waals surface area contributed by atoms with Gasteiger partial charge in [-0.1, -0.05) is 62.2 Å². The van der Waals surface area contributed by atoms with E-state index in [1.54, 1.807) is 31.2 Å². The Hall–Kier alpha value is -3.03. The van der Waals surface area contributed by atoms with Crippen LogP contribution in [0.25, 0.3) is 0 Å². The number of hydrogen-bond donors (Lipinski definition) is 0. The Bertz CT molecular complexity index is 1280. The Kier molecular flexibility index (Phi) is 7.30. The fourth-order valence-corrected chi connectivity index (χ4v) is 8.53. The van der Waals surface area contributed by atoms with Crippen molar-refractivity contribution in [3.8, 4) is 0 Å². The number of carbonyl (C=O) groups is 3. The minimum atomic E-state index is -0.472. The van der Waals surface area contributed by atoms with Crippen LogP contribution in [0.5, 0.6) is 0 Å². The van der Waals surface area contributed by atoms with E-state index in [1.807, 2.05) is 13.2 Å². The molecule has 212 valence electrons. The Morgan fingerprint density at radius 1 is 0.975 bits per heavy atom. The lowest BCUT2D eigenvalue weighted by molar-refractivity contribution is -0.213. The lowest BCUT2D eigenvalue weighted by Crippen LogP contribution is -2.68. The van der Waals surface area contributed by atoms with Crippen LogP contribution in [0.15, 0.2) is 54.6 Å². The van der Waals surface area contributed by atoms with Crippen molar-refractivity contribution < 1.29 is 23.9 Å². The van der Waals surface area contributed by atoms with Gasteiger partial charge in [-0.25, -0.2) is 9.69 Å². The van der Waals surface area contributed by atoms with Crippen LogP contribution in [-0.2, 0) is 25.6 Å².